The van der Waals surface area contributed by atoms with Crippen LogP contribution in [0.2, 0.25) is 5.02 Å². The number of alkyl halides is 2. The first-order chi connectivity index (χ1) is 11.7. The third-order valence-electron chi connectivity index (χ3n) is 2.94. The van der Waals surface area contributed by atoms with E-state index in [0.29, 0.717) is 16.8 Å². The Labute approximate surface area is 152 Å². The van der Waals surface area contributed by atoms with E-state index in [1.807, 2.05) is 0 Å². The van der Waals surface area contributed by atoms with Gasteiger partial charge in [-0.3, -0.25) is 0 Å². The number of aromatic nitrogens is 2. The van der Waals surface area contributed by atoms with Gasteiger partial charge in [0.05, 0.1) is 16.3 Å². The Kier molecular flexibility index (Phi) is 7.63. The number of nitrogens with zero attached hydrogens (tertiary/aromatic N) is 2. The second-order valence-electron chi connectivity index (χ2n) is 4.54. The molecule has 0 radical (unpaired) electrons. The molecule has 0 atom stereocenters. The summed E-state index contributed by atoms with van der Waals surface area (Å²) in [6.07, 6.45) is 0. The van der Waals surface area contributed by atoms with Crippen molar-refractivity contribution < 1.29 is 27.3 Å². The highest BCUT2D eigenvalue weighted by molar-refractivity contribution is 7.75. The van der Waals surface area contributed by atoms with Crippen LogP contribution in [0.15, 0.2) is 24.8 Å². The molecule has 0 saturated carbocycles. The molecule has 0 bridgehead atoms. The van der Waals surface area contributed by atoms with E-state index in [4.69, 9.17) is 16.4 Å². The van der Waals surface area contributed by atoms with E-state index in [-0.39, 0.29) is 16.5 Å². The molecule has 0 saturated heterocycles. The first kappa shape index (κ1) is 20.7. The molecule has 1 aromatic heterocycles. The summed E-state index contributed by atoms with van der Waals surface area (Å²) in [4.78, 5) is 20.2. The average Bonchev–Trinajstić information content (AvgIpc) is 2.87. The molecule has 0 spiro atoms. The minimum atomic E-state index is -2.95. The Morgan fingerprint density at radius 1 is 1.44 bits per heavy atom. The molecule has 0 N–H and O–H groups in total. The van der Waals surface area contributed by atoms with Gasteiger partial charge in [-0.1, -0.05) is 11.6 Å². The Morgan fingerprint density at radius 3 is 2.56 bits per heavy atom. The molecule has 0 aliphatic rings. The highest BCUT2D eigenvalue weighted by atomic mass is 35.5. The maximum atomic E-state index is 12.3. The molecule has 6 nitrogen and oxygen atoms in total. The number of ether oxygens (including phenoxy) is 1. The van der Waals surface area contributed by atoms with E-state index in [1.54, 1.807) is 13.0 Å². The Balaban J connectivity index is 0.000000970. The topological polar surface area (TPSA) is 70.4 Å². The number of carbonyl (C=O) groups excluding carboxylic acids is 2. The second-order valence-corrected chi connectivity index (χ2v) is 5.13. The van der Waals surface area contributed by atoms with Gasteiger partial charge in [0.2, 0.25) is 5.88 Å². The van der Waals surface area contributed by atoms with Crippen molar-refractivity contribution in [3.05, 3.63) is 40.9 Å². The minimum Gasteiger partial charge on any atom is -0.417 e. The van der Waals surface area contributed by atoms with Gasteiger partial charge in [-0.05, 0) is 31.2 Å². The summed E-state index contributed by atoms with van der Waals surface area (Å²) in [7, 11) is 1.47. The monoisotopic (exact) mass is 390 g/mol. The lowest BCUT2D eigenvalue weighted by Gasteiger charge is -2.07. The molecular weight excluding hydrogens is 378 g/mol. The fourth-order valence-corrected chi connectivity index (χ4v) is 2.33. The van der Waals surface area contributed by atoms with Gasteiger partial charge in [0, 0.05) is 31.6 Å². The molecule has 1 aromatic carbocycles. The van der Waals surface area contributed by atoms with Crippen molar-refractivity contribution in [1.29, 1.82) is 0 Å². The van der Waals surface area contributed by atoms with Crippen molar-refractivity contribution in [3.8, 4) is 17.1 Å². The van der Waals surface area contributed by atoms with Crippen molar-refractivity contribution >= 4 is 36.4 Å². The predicted molar refractivity (Wildman–Crippen MR) is 90.7 cm³/mol. The number of carbonyl (C=O) groups is 1. The largest absolute Gasteiger partial charge is 0.417 e. The molecule has 134 valence electrons. The minimum absolute atomic E-state index is 0.0965. The van der Waals surface area contributed by atoms with Gasteiger partial charge in [0.25, 0.3) is 0 Å². The zero-order valence-electron chi connectivity index (χ0n) is 13.1. The zero-order chi connectivity index (χ0) is 19.1. The quantitative estimate of drug-likeness (QED) is 0.490. The first-order valence-electron chi connectivity index (χ1n) is 6.54. The molecular formula is C15H13ClF2N2O4S. The van der Waals surface area contributed by atoms with E-state index in [0.717, 1.165) is 0 Å². The van der Waals surface area contributed by atoms with Gasteiger partial charge in [-0.2, -0.15) is 13.9 Å². The second kappa shape index (κ2) is 9.22. The number of hydrogen-bond acceptors (Lipinski definition) is 6. The SMILES string of the molecule is C=C=O.Cc1cc(Cl)c(C(=O)OS)cc1-c1cc(OC(F)F)n(C)n1. The fraction of sp³-hybridized carbons (Fsp3) is 0.200. The Hall–Kier alpha value is -2.35. The lowest BCUT2D eigenvalue weighted by Crippen LogP contribution is -2.05. The number of aryl methyl sites for hydroxylation is 2. The summed E-state index contributed by atoms with van der Waals surface area (Å²) in [5.41, 5.74) is 1.71. The molecule has 25 heavy (non-hydrogen) atoms. The Bertz CT molecular complexity index is 805. The van der Waals surface area contributed by atoms with Crippen LogP contribution < -0.4 is 4.74 Å². The van der Waals surface area contributed by atoms with Crippen LogP contribution in [0.5, 0.6) is 5.88 Å². The molecule has 2 rings (SSSR count). The summed E-state index contributed by atoms with van der Waals surface area (Å²) >= 11 is 9.43. The third-order valence-corrected chi connectivity index (χ3v) is 3.42. The maximum Gasteiger partial charge on any atom is 0.388 e. The summed E-state index contributed by atoms with van der Waals surface area (Å²) in [5.74, 6) is 0.423. The van der Waals surface area contributed by atoms with Crippen LogP contribution in [-0.4, -0.2) is 28.3 Å². The van der Waals surface area contributed by atoms with E-state index >= 15 is 0 Å². The van der Waals surface area contributed by atoms with Crippen molar-refractivity contribution in [2.75, 3.05) is 0 Å². The molecule has 10 heteroatoms. The first-order valence-corrected chi connectivity index (χ1v) is 7.28. The van der Waals surface area contributed by atoms with Crippen LogP contribution in [0, 0.1) is 6.92 Å². The summed E-state index contributed by atoms with van der Waals surface area (Å²) < 4.78 is 34.5. The third kappa shape index (κ3) is 5.32. The normalized spacial score (nSPS) is 9.88. The maximum absolute atomic E-state index is 12.3. The summed E-state index contributed by atoms with van der Waals surface area (Å²) in [5, 5.41) is 4.29. The Morgan fingerprint density at radius 2 is 2.04 bits per heavy atom. The van der Waals surface area contributed by atoms with E-state index in [9.17, 15) is 13.6 Å². The standard InChI is InChI=1S/C13H11ClF2N2O3S.C2H2O/c1-6-3-9(14)8(12(19)21-22)4-7(6)10-5-11(18(2)17-10)20-13(15)16;1-2-3/h3-5,13,22H,1-2H3;1H2. The summed E-state index contributed by atoms with van der Waals surface area (Å²) in [6, 6.07) is 4.36. The highest BCUT2D eigenvalue weighted by Gasteiger charge is 2.18. The molecule has 0 aliphatic heterocycles. The van der Waals surface area contributed by atoms with Gasteiger partial charge < -0.3 is 8.92 Å². The lowest BCUT2D eigenvalue weighted by atomic mass is 10.0. The molecule has 0 fully saturated rings. The van der Waals surface area contributed by atoms with Crippen molar-refractivity contribution in [3.63, 3.8) is 0 Å². The number of halogens is 3. The van der Waals surface area contributed by atoms with Gasteiger partial charge in [0.1, 0.15) is 5.94 Å². The van der Waals surface area contributed by atoms with Crippen LogP contribution in [0.4, 0.5) is 8.78 Å². The number of hydrogen-bond donors (Lipinski definition) is 1. The number of thiol groups is 1. The molecule has 2 aromatic rings. The van der Waals surface area contributed by atoms with E-state index in [2.05, 4.69) is 33.5 Å². The average molecular weight is 391 g/mol. The van der Waals surface area contributed by atoms with Gasteiger partial charge in [-0.25, -0.2) is 14.3 Å². The smallest absolute Gasteiger partial charge is 0.388 e. The highest BCUT2D eigenvalue weighted by Crippen LogP contribution is 2.31. The van der Waals surface area contributed by atoms with Crippen molar-refractivity contribution in [2.45, 2.75) is 13.5 Å². The molecule has 0 unspecified atom stereocenters. The lowest BCUT2D eigenvalue weighted by molar-refractivity contribution is -0.0553. The zero-order valence-corrected chi connectivity index (χ0v) is 14.8. The van der Waals surface area contributed by atoms with Crippen LogP contribution in [-0.2, 0) is 16.0 Å². The fourth-order valence-electron chi connectivity index (χ4n) is 1.94. The van der Waals surface area contributed by atoms with Gasteiger partial charge in [-0.15, -0.1) is 0 Å². The van der Waals surface area contributed by atoms with Crippen LogP contribution >= 0.6 is 24.5 Å². The number of rotatable bonds is 4. The number of benzene rings is 1. The molecule has 0 aliphatic carbocycles. The van der Waals surface area contributed by atoms with Crippen LogP contribution in [0.3, 0.4) is 0 Å². The van der Waals surface area contributed by atoms with E-state index < -0.39 is 12.6 Å². The van der Waals surface area contributed by atoms with Crippen molar-refractivity contribution in [2.24, 2.45) is 7.05 Å². The predicted octanol–water partition coefficient (Wildman–Crippen LogP) is 3.66. The van der Waals surface area contributed by atoms with Gasteiger partial charge in [0.15, 0.2) is 0 Å². The molecule has 1 heterocycles. The molecule has 0 amide bonds. The van der Waals surface area contributed by atoms with Crippen molar-refractivity contribution in [1.82, 2.24) is 9.78 Å². The van der Waals surface area contributed by atoms with Crippen LogP contribution in [0.1, 0.15) is 15.9 Å². The van der Waals surface area contributed by atoms with E-state index in [1.165, 1.54) is 29.8 Å². The summed E-state index contributed by atoms with van der Waals surface area (Å²) in [6.45, 7) is 1.48. The van der Waals surface area contributed by atoms with Gasteiger partial charge >= 0.3 is 12.6 Å². The van der Waals surface area contributed by atoms with Crippen LogP contribution in [0.25, 0.3) is 11.3 Å².